The zero-order valence-electron chi connectivity index (χ0n) is 8.21. The van der Waals surface area contributed by atoms with E-state index >= 15 is 0 Å². The summed E-state index contributed by atoms with van der Waals surface area (Å²) in [6.07, 6.45) is 4.01. The van der Waals surface area contributed by atoms with E-state index in [-0.39, 0.29) is 0 Å². The summed E-state index contributed by atoms with van der Waals surface area (Å²) < 4.78 is 0. The predicted octanol–water partition coefficient (Wildman–Crippen LogP) is 1.66. The van der Waals surface area contributed by atoms with Gasteiger partial charge in [-0.3, -0.25) is 4.79 Å². The lowest BCUT2D eigenvalue weighted by Gasteiger charge is -2.02. The van der Waals surface area contributed by atoms with E-state index in [0.29, 0.717) is 17.1 Å². The maximum Gasteiger partial charge on any atom is 0.178 e. The minimum absolute atomic E-state index is 0.475. The molecule has 0 aromatic carbocycles. The fourth-order valence-corrected chi connectivity index (χ4v) is 1.26. The first-order valence-corrected chi connectivity index (χ1v) is 4.51. The zero-order valence-corrected chi connectivity index (χ0v) is 8.21. The van der Waals surface area contributed by atoms with Gasteiger partial charge in [-0.1, -0.05) is 0 Å². The fraction of sp³-hybridized carbons (Fsp3) is 0.0909. The summed E-state index contributed by atoms with van der Waals surface area (Å²) in [4.78, 5) is 23.2. The number of aldehydes is 1. The number of nitrogens with zero attached hydrogens (tertiary/aromatic N) is 3. The molecular formula is C11H9N3O. The van der Waals surface area contributed by atoms with Gasteiger partial charge < -0.3 is 0 Å². The van der Waals surface area contributed by atoms with Gasteiger partial charge in [0.05, 0.1) is 0 Å². The molecule has 0 N–H and O–H groups in total. The minimum Gasteiger partial charge on any atom is -0.298 e. The van der Waals surface area contributed by atoms with Crippen LogP contribution in [-0.2, 0) is 0 Å². The topological polar surface area (TPSA) is 55.7 Å². The van der Waals surface area contributed by atoms with Gasteiger partial charge in [-0.05, 0) is 25.1 Å². The van der Waals surface area contributed by atoms with Gasteiger partial charge in [-0.25, -0.2) is 15.0 Å². The van der Waals surface area contributed by atoms with Crippen molar-refractivity contribution in [1.82, 2.24) is 15.0 Å². The van der Waals surface area contributed by atoms with Crippen molar-refractivity contribution in [2.45, 2.75) is 6.92 Å². The highest BCUT2D eigenvalue weighted by molar-refractivity contribution is 5.83. The van der Waals surface area contributed by atoms with Crippen LogP contribution in [-0.4, -0.2) is 21.2 Å². The molecular weight excluding hydrogens is 190 g/mol. The lowest BCUT2D eigenvalue weighted by atomic mass is 10.2. The summed E-state index contributed by atoms with van der Waals surface area (Å²) in [7, 11) is 0. The molecule has 15 heavy (non-hydrogen) atoms. The number of rotatable bonds is 2. The van der Waals surface area contributed by atoms with Gasteiger partial charge in [-0.15, -0.1) is 0 Å². The number of hydrogen-bond acceptors (Lipinski definition) is 4. The average molecular weight is 199 g/mol. The first kappa shape index (κ1) is 9.45. The average Bonchev–Trinajstić information content (AvgIpc) is 2.30. The summed E-state index contributed by atoms with van der Waals surface area (Å²) in [5.74, 6) is 0.475. The first-order chi connectivity index (χ1) is 7.31. The molecule has 2 aromatic heterocycles. The van der Waals surface area contributed by atoms with Crippen LogP contribution in [0.4, 0.5) is 0 Å². The molecule has 74 valence electrons. The Morgan fingerprint density at radius 2 is 1.93 bits per heavy atom. The molecule has 0 atom stereocenters. The van der Waals surface area contributed by atoms with Crippen molar-refractivity contribution in [3.8, 4) is 11.5 Å². The highest BCUT2D eigenvalue weighted by atomic mass is 16.1. The monoisotopic (exact) mass is 199 g/mol. The Labute approximate surface area is 87.0 Å². The van der Waals surface area contributed by atoms with Crippen LogP contribution in [0, 0.1) is 6.92 Å². The number of pyridine rings is 1. The molecule has 4 nitrogen and oxygen atoms in total. The summed E-state index contributed by atoms with van der Waals surface area (Å²) in [5, 5.41) is 0. The van der Waals surface area contributed by atoms with E-state index in [1.807, 2.05) is 6.92 Å². The fourth-order valence-electron chi connectivity index (χ4n) is 1.26. The predicted molar refractivity (Wildman–Crippen MR) is 55.4 cm³/mol. The molecule has 2 aromatic rings. The summed E-state index contributed by atoms with van der Waals surface area (Å²) in [6, 6.07) is 5.23. The Morgan fingerprint density at radius 1 is 1.20 bits per heavy atom. The van der Waals surface area contributed by atoms with Gasteiger partial charge in [0.2, 0.25) is 0 Å². The van der Waals surface area contributed by atoms with Crippen molar-refractivity contribution in [1.29, 1.82) is 0 Å². The van der Waals surface area contributed by atoms with E-state index in [4.69, 9.17) is 0 Å². The Kier molecular flexibility index (Phi) is 2.49. The van der Waals surface area contributed by atoms with Crippen LogP contribution in [0.25, 0.3) is 11.5 Å². The minimum atomic E-state index is 0.475. The van der Waals surface area contributed by atoms with E-state index in [0.717, 1.165) is 12.0 Å². The van der Waals surface area contributed by atoms with Gasteiger partial charge in [0.15, 0.2) is 12.1 Å². The van der Waals surface area contributed by atoms with Crippen LogP contribution in [0.3, 0.4) is 0 Å². The zero-order chi connectivity index (χ0) is 10.7. The summed E-state index contributed by atoms with van der Waals surface area (Å²) in [6.45, 7) is 1.86. The molecule has 0 fully saturated rings. The van der Waals surface area contributed by atoms with Crippen molar-refractivity contribution in [3.05, 3.63) is 41.9 Å². The Morgan fingerprint density at radius 3 is 2.60 bits per heavy atom. The summed E-state index contributed by atoms with van der Waals surface area (Å²) in [5.41, 5.74) is 1.88. The second-order valence-corrected chi connectivity index (χ2v) is 3.08. The van der Waals surface area contributed by atoms with E-state index < -0.39 is 0 Å². The van der Waals surface area contributed by atoms with Gasteiger partial charge >= 0.3 is 0 Å². The molecule has 0 saturated carbocycles. The van der Waals surface area contributed by atoms with Gasteiger partial charge in [0.25, 0.3) is 0 Å². The van der Waals surface area contributed by atoms with Crippen LogP contribution < -0.4 is 0 Å². The Balaban J connectivity index is 2.61. The number of carbonyl (C=O) groups excluding carboxylic acids is 1. The second kappa shape index (κ2) is 3.96. The van der Waals surface area contributed by atoms with Crippen LogP contribution in [0.1, 0.15) is 16.1 Å². The van der Waals surface area contributed by atoms with Crippen molar-refractivity contribution >= 4 is 6.29 Å². The van der Waals surface area contributed by atoms with E-state index in [1.54, 1.807) is 30.6 Å². The van der Waals surface area contributed by atoms with Gasteiger partial charge in [-0.2, -0.15) is 0 Å². The van der Waals surface area contributed by atoms with E-state index in [1.165, 1.54) is 0 Å². The quantitative estimate of drug-likeness (QED) is 0.690. The Bertz CT molecular complexity index is 482. The third-order valence-electron chi connectivity index (χ3n) is 1.97. The molecule has 2 heterocycles. The van der Waals surface area contributed by atoms with Crippen LogP contribution >= 0.6 is 0 Å². The molecule has 0 spiro atoms. The normalized spacial score (nSPS) is 9.93. The lowest BCUT2D eigenvalue weighted by molar-refractivity contribution is 0.112. The number of aryl methyl sites for hydroxylation is 1. The van der Waals surface area contributed by atoms with Crippen LogP contribution in [0.2, 0.25) is 0 Å². The van der Waals surface area contributed by atoms with Gasteiger partial charge in [0, 0.05) is 23.7 Å². The van der Waals surface area contributed by atoms with E-state index in [9.17, 15) is 4.79 Å². The Hall–Kier alpha value is -2.10. The highest BCUT2D eigenvalue weighted by Gasteiger charge is 2.08. The summed E-state index contributed by atoms with van der Waals surface area (Å²) >= 11 is 0. The molecule has 0 aliphatic carbocycles. The largest absolute Gasteiger partial charge is 0.298 e. The molecule has 0 radical (unpaired) electrons. The standard InChI is InChI=1S/C11H9N3O/c1-8-3-4-9(7-15)10(14-8)11-12-5-2-6-13-11/h2-7H,1H3. The molecule has 4 heteroatoms. The number of aromatic nitrogens is 3. The van der Waals surface area contributed by atoms with Crippen molar-refractivity contribution in [3.63, 3.8) is 0 Å². The van der Waals surface area contributed by atoms with Crippen LogP contribution in [0.5, 0.6) is 0 Å². The SMILES string of the molecule is Cc1ccc(C=O)c(-c2ncccn2)n1. The number of carbonyl (C=O) groups is 1. The molecule has 0 unspecified atom stereocenters. The molecule has 0 bridgehead atoms. The highest BCUT2D eigenvalue weighted by Crippen LogP contribution is 2.15. The van der Waals surface area contributed by atoms with Crippen molar-refractivity contribution in [2.24, 2.45) is 0 Å². The maximum absolute atomic E-state index is 10.8. The molecule has 0 amide bonds. The molecule has 0 aliphatic heterocycles. The van der Waals surface area contributed by atoms with Crippen molar-refractivity contribution in [2.75, 3.05) is 0 Å². The van der Waals surface area contributed by atoms with Crippen LogP contribution in [0.15, 0.2) is 30.6 Å². The number of hydrogen-bond donors (Lipinski definition) is 0. The third-order valence-corrected chi connectivity index (χ3v) is 1.97. The first-order valence-electron chi connectivity index (χ1n) is 4.51. The van der Waals surface area contributed by atoms with Gasteiger partial charge in [0.1, 0.15) is 5.69 Å². The lowest BCUT2D eigenvalue weighted by Crippen LogP contribution is -1.97. The maximum atomic E-state index is 10.8. The second-order valence-electron chi connectivity index (χ2n) is 3.08. The molecule has 0 saturated heterocycles. The van der Waals surface area contributed by atoms with E-state index in [2.05, 4.69) is 15.0 Å². The molecule has 2 rings (SSSR count). The third kappa shape index (κ3) is 1.88. The molecule has 0 aliphatic rings. The van der Waals surface area contributed by atoms with Crippen molar-refractivity contribution < 1.29 is 4.79 Å². The smallest absolute Gasteiger partial charge is 0.178 e.